The summed E-state index contributed by atoms with van der Waals surface area (Å²) < 4.78 is 22.0. The van der Waals surface area contributed by atoms with Crippen LogP contribution < -0.4 is 20.3 Å². The van der Waals surface area contributed by atoms with Gasteiger partial charge in [0.15, 0.2) is 11.5 Å². The Kier molecular flexibility index (Phi) is 11.4. The molecule has 1 aromatic heterocycles. The number of hydrogen-bond donors (Lipinski definition) is 2. The van der Waals surface area contributed by atoms with Crippen molar-refractivity contribution in [3.8, 4) is 5.75 Å². The summed E-state index contributed by atoms with van der Waals surface area (Å²) in [7, 11) is 0. The highest BCUT2D eigenvalue weighted by Gasteiger charge is 2.41. The first kappa shape index (κ1) is 38.7. The SMILES string of the molecule is [C-]#[N+]c1ccc(OC2CCC(NC(=O)c3ccc(N4CCC(CN5CCC(c6ccc7c(c6F)CN(C6CCC(=O)NC6=O)C7=O)CC5)CC4)nn3)CC2)cc1Cl. The van der Waals surface area contributed by atoms with E-state index in [0.717, 1.165) is 89.9 Å². The first-order valence-electron chi connectivity index (χ1n) is 20.0. The number of aromatic nitrogens is 2. The molecule has 1 aliphatic carbocycles. The fourth-order valence-corrected chi connectivity index (χ4v) is 9.33. The van der Waals surface area contributed by atoms with Gasteiger partial charge in [0.1, 0.15) is 17.6 Å². The number of fused-ring (bicyclic) bond motifs is 1. The summed E-state index contributed by atoms with van der Waals surface area (Å²) in [6.45, 7) is 11.7. The lowest BCUT2D eigenvalue weighted by atomic mass is 9.86. The van der Waals surface area contributed by atoms with Crippen molar-refractivity contribution in [2.75, 3.05) is 37.6 Å². The van der Waals surface area contributed by atoms with Crippen LogP contribution in [0.25, 0.3) is 4.85 Å². The number of rotatable bonds is 9. The summed E-state index contributed by atoms with van der Waals surface area (Å²) >= 11 is 6.15. The minimum atomic E-state index is -0.762. The summed E-state index contributed by atoms with van der Waals surface area (Å²) in [5.41, 5.74) is 2.01. The number of likely N-dealkylation sites (tertiary alicyclic amines) is 1. The van der Waals surface area contributed by atoms with Gasteiger partial charge in [0, 0.05) is 43.2 Å². The molecule has 1 atom stereocenters. The molecule has 4 fully saturated rings. The normalized spacial score (nSPS) is 23.5. The quantitative estimate of drug-likeness (QED) is 0.203. The van der Waals surface area contributed by atoms with E-state index in [1.165, 1.54) is 4.90 Å². The highest BCUT2D eigenvalue weighted by Crippen LogP contribution is 2.37. The highest BCUT2D eigenvalue weighted by molar-refractivity contribution is 6.33. The van der Waals surface area contributed by atoms with Gasteiger partial charge in [0.25, 0.3) is 11.8 Å². The number of hydrogen-bond acceptors (Lipinski definition) is 9. The summed E-state index contributed by atoms with van der Waals surface area (Å²) in [5.74, 6) is 0.253. The van der Waals surface area contributed by atoms with Crippen molar-refractivity contribution in [1.29, 1.82) is 0 Å². The third kappa shape index (κ3) is 8.46. The van der Waals surface area contributed by atoms with E-state index >= 15 is 4.39 Å². The van der Waals surface area contributed by atoms with Gasteiger partial charge in [-0.3, -0.25) is 24.5 Å². The molecule has 3 aromatic rings. The van der Waals surface area contributed by atoms with Gasteiger partial charge in [-0.2, -0.15) is 0 Å². The van der Waals surface area contributed by atoms with Gasteiger partial charge in [-0.1, -0.05) is 23.7 Å². The summed E-state index contributed by atoms with van der Waals surface area (Å²) in [4.78, 5) is 59.6. The van der Waals surface area contributed by atoms with E-state index in [-0.39, 0.29) is 61.0 Å². The first-order chi connectivity index (χ1) is 27.6. The van der Waals surface area contributed by atoms with Crippen LogP contribution in [0, 0.1) is 18.3 Å². The number of carbonyl (C=O) groups is 4. The second-order valence-corrected chi connectivity index (χ2v) is 16.4. The molecular weight excluding hydrogens is 751 g/mol. The Hall–Kier alpha value is -5.13. The molecule has 0 radical (unpaired) electrons. The molecule has 57 heavy (non-hydrogen) atoms. The Labute approximate surface area is 336 Å². The van der Waals surface area contributed by atoms with Crippen LogP contribution in [0.1, 0.15) is 102 Å². The monoisotopic (exact) mass is 796 g/mol. The highest BCUT2D eigenvalue weighted by atomic mass is 35.5. The van der Waals surface area contributed by atoms with Gasteiger partial charge < -0.3 is 24.8 Å². The number of anilines is 1. The second kappa shape index (κ2) is 16.8. The molecule has 2 N–H and O–H groups in total. The van der Waals surface area contributed by atoms with Crippen molar-refractivity contribution in [3.63, 3.8) is 0 Å². The second-order valence-electron chi connectivity index (χ2n) is 16.0. The van der Waals surface area contributed by atoms with Gasteiger partial charge in [0.05, 0.1) is 24.2 Å². The fourth-order valence-electron chi connectivity index (χ4n) is 9.12. The van der Waals surface area contributed by atoms with Crippen LogP contribution in [0.15, 0.2) is 42.5 Å². The molecule has 15 heteroatoms. The van der Waals surface area contributed by atoms with Crippen molar-refractivity contribution >= 4 is 46.7 Å². The summed E-state index contributed by atoms with van der Waals surface area (Å²) in [5, 5.41) is 14.5. The third-order valence-corrected chi connectivity index (χ3v) is 12.7. The topological polar surface area (TPSA) is 141 Å². The van der Waals surface area contributed by atoms with E-state index in [0.29, 0.717) is 44.8 Å². The number of halogens is 2. The molecule has 298 valence electrons. The van der Waals surface area contributed by atoms with Crippen LogP contribution >= 0.6 is 11.6 Å². The van der Waals surface area contributed by atoms with E-state index in [1.807, 2.05) is 6.07 Å². The van der Waals surface area contributed by atoms with Crippen molar-refractivity contribution in [3.05, 3.63) is 87.1 Å². The van der Waals surface area contributed by atoms with E-state index in [1.54, 1.807) is 36.4 Å². The zero-order chi connectivity index (χ0) is 39.6. The maximum absolute atomic E-state index is 15.9. The molecule has 1 unspecified atom stereocenters. The van der Waals surface area contributed by atoms with Crippen LogP contribution in [0.3, 0.4) is 0 Å². The third-order valence-electron chi connectivity index (χ3n) is 12.4. The fraction of sp³-hybridized carbons (Fsp3) is 0.500. The van der Waals surface area contributed by atoms with E-state index in [2.05, 4.69) is 35.5 Å². The zero-order valence-corrected chi connectivity index (χ0v) is 32.5. The Morgan fingerprint density at radius 2 is 1.72 bits per heavy atom. The number of ether oxygens (including phenoxy) is 1. The molecule has 4 aliphatic heterocycles. The van der Waals surface area contributed by atoms with E-state index in [9.17, 15) is 19.2 Å². The van der Waals surface area contributed by atoms with Crippen LogP contribution in [0.2, 0.25) is 5.02 Å². The predicted molar refractivity (Wildman–Crippen MR) is 210 cm³/mol. The molecule has 5 heterocycles. The molecule has 3 saturated heterocycles. The van der Waals surface area contributed by atoms with Crippen molar-refractivity contribution in [2.45, 2.75) is 94.9 Å². The Balaban J connectivity index is 0.754. The molecular formula is C42H46ClFN8O5. The molecule has 13 nitrogen and oxygen atoms in total. The van der Waals surface area contributed by atoms with Crippen molar-refractivity contribution < 1.29 is 28.3 Å². The lowest BCUT2D eigenvalue weighted by Gasteiger charge is -2.38. The number of amides is 4. The minimum absolute atomic E-state index is 0.0227. The van der Waals surface area contributed by atoms with Crippen LogP contribution in [-0.4, -0.2) is 94.5 Å². The summed E-state index contributed by atoms with van der Waals surface area (Å²) in [6.07, 6.45) is 7.30. The standard InChI is InChI=1S/C42H46ClFN8O5/c1-45-34-9-6-29(22-33(34)43)57-28-4-2-27(3-5-28)46-40(54)35-10-12-37(49-48-35)51-20-14-25(15-21-51)23-50-18-16-26(17-19-50)30-7-8-31-32(39(30)44)24-52(42(31)56)36-11-13-38(53)47-41(36)55/h6-10,12,22,25-28,36H,2-5,11,13-21,23-24H2,(H,46,54)(H,47,53,55). The van der Waals surface area contributed by atoms with Gasteiger partial charge in [-0.05, 0) is 119 Å². The van der Waals surface area contributed by atoms with Gasteiger partial charge in [-0.15, -0.1) is 10.2 Å². The smallest absolute Gasteiger partial charge is 0.272 e. The molecule has 5 aliphatic rings. The van der Waals surface area contributed by atoms with E-state index in [4.69, 9.17) is 22.9 Å². The Morgan fingerprint density at radius 3 is 2.40 bits per heavy atom. The van der Waals surface area contributed by atoms with E-state index < -0.39 is 11.9 Å². The molecule has 1 saturated carbocycles. The number of nitrogens with one attached hydrogen (secondary N) is 2. The zero-order valence-electron chi connectivity index (χ0n) is 31.7. The van der Waals surface area contributed by atoms with Crippen molar-refractivity contribution in [1.82, 2.24) is 30.6 Å². The van der Waals surface area contributed by atoms with Gasteiger partial charge >= 0.3 is 0 Å². The number of imide groups is 1. The summed E-state index contributed by atoms with van der Waals surface area (Å²) in [6, 6.07) is 11.5. The molecule has 4 amide bonds. The number of piperidine rings is 3. The number of benzene rings is 2. The lowest BCUT2D eigenvalue weighted by Crippen LogP contribution is -2.52. The predicted octanol–water partition coefficient (Wildman–Crippen LogP) is 5.80. The maximum Gasteiger partial charge on any atom is 0.272 e. The molecule has 0 bridgehead atoms. The van der Waals surface area contributed by atoms with Crippen molar-refractivity contribution in [2.24, 2.45) is 5.92 Å². The lowest BCUT2D eigenvalue weighted by molar-refractivity contribution is -0.136. The number of carbonyl (C=O) groups excluding carboxylic acids is 4. The average Bonchev–Trinajstić information content (AvgIpc) is 3.56. The Morgan fingerprint density at radius 1 is 0.947 bits per heavy atom. The van der Waals surface area contributed by atoms with Gasteiger partial charge in [-0.25, -0.2) is 9.24 Å². The van der Waals surface area contributed by atoms with Crippen LogP contribution in [-0.2, 0) is 16.1 Å². The van der Waals surface area contributed by atoms with Crippen LogP contribution in [0.4, 0.5) is 15.9 Å². The Bertz CT molecular complexity index is 2070. The van der Waals surface area contributed by atoms with Crippen LogP contribution in [0.5, 0.6) is 5.75 Å². The minimum Gasteiger partial charge on any atom is -0.490 e. The maximum atomic E-state index is 15.9. The average molecular weight is 797 g/mol. The van der Waals surface area contributed by atoms with Gasteiger partial charge in [0.2, 0.25) is 17.5 Å². The molecule has 8 rings (SSSR count). The molecule has 2 aromatic carbocycles. The molecule has 0 spiro atoms. The largest absolute Gasteiger partial charge is 0.490 e. The number of nitrogens with zero attached hydrogens (tertiary/aromatic N) is 6. The first-order valence-corrected chi connectivity index (χ1v) is 20.4.